The molecule has 3 aromatic rings. The van der Waals surface area contributed by atoms with Crippen LogP contribution in [0, 0.1) is 0 Å². The van der Waals surface area contributed by atoms with Gasteiger partial charge in [-0.3, -0.25) is 4.79 Å². The Morgan fingerprint density at radius 2 is 1.90 bits per heavy atom. The van der Waals surface area contributed by atoms with Gasteiger partial charge in [0.2, 0.25) is 0 Å². The lowest BCUT2D eigenvalue weighted by atomic mass is 9.97. The highest BCUT2D eigenvalue weighted by Gasteiger charge is 2.27. The maximum Gasteiger partial charge on any atom is 0.260 e. The Balaban J connectivity index is 1.32. The zero-order chi connectivity index (χ0) is 20.2. The van der Waals surface area contributed by atoms with E-state index in [1.54, 1.807) is 0 Å². The average molecular weight is 392 g/mol. The quantitative estimate of drug-likeness (QED) is 0.584. The van der Waals surface area contributed by atoms with Crippen LogP contribution in [-0.2, 0) is 4.79 Å². The molecule has 152 valence electrons. The summed E-state index contributed by atoms with van der Waals surface area (Å²) in [5, 5.41) is 0. The normalized spacial score (nSPS) is 16.1. The molecule has 5 heteroatoms. The molecule has 0 radical (unpaired) electrons. The third-order valence-corrected chi connectivity index (χ3v) is 5.92. The standard InChI is InChI=1S/C24H28N2O3/c1-3-17(2)19-8-4-6-10-21(19)28-16-23(27)26-14-12-18(13-15-26)24-25-20-9-5-7-11-22(20)29-24/h4-11,17-18H,3,12-16H2,1-2H3. The zero-order valence-electron chi connectivity index (χ0n) is 17.1. The van der Waals surface area contributed by atoms with Crippen LogP contribution in [0.5, 0.6) is 5.75 Å². The largest absolute Gasteiger partial charge is 0.483 e. The van der Waals surface area contributed by atoms with Gasteiger partial charge in [0.25, 0.3) is 5.91 Å². The van der Waals surface area contributed by atoms with Crippen LogP contribution >= 0.6 is 0 Å². The summed E-state index contributed by atoms with van der Waals surface area (Å²) < 4.78 is 11.8. The van der Waals surface area contributed by atoms with Crippen LogP contribution in [0.3, 0.4) is 0 Å². The number of aromatic nitrogens is 1. The molecular formula is C24H28N2O3. The van der Waals surface area contributed by atoms with E-state index in [4.69, 9.17) is 9.15 Å². The number of piperidine rings is 1. The van der Waals surface area contributed by atoms with E-state index in [1.807, 2.05) is 47.4 Å². The van der Waals surface area contributed by atoms with Crippen LogP contribution in [0.4, 0.5) is 0 Å². The Morgan fingerprint density at radius 3 is 2.66 bits per heavy atom. The van der Waals surface area contributed by atoms with Gasteiger partial charge in [-0.05, 0) is 48.9 Å². The third-order valence-electron chi connectivity index (χ3n) is 5.92. The number of para-hydroxylation sites is 3. The fourth-order valence-corrected chi connectivity index (χ4v) is 3.91. The minimum atomic E-state index is 0.0416. The van der Waals surface area contributed by atoms with Gasteiger partial charge in [0.15, 0.2) is 18.1 Å². The van der Waals surface area contributed by atoms with Crippen molar-refractivity contribution < 1.29 is 13.9 Å². The van der Waals surface area contributed by atoms with E-state index in [2.05, 4.69) is 24.9 Å². The van der Waals surface area contributed by atoms with Gasteiger partial charge in [0.05, 0.1) is 0 Å². The van der Waals surface area contributed by atoms with Gasteiger partial charge in [0, 0.05) is 19.0 Å². The maximum absolute atomic E-state index is 12.7. The van der Waals surface area contributed by atoms with Crippen molar-refractivity contribution in [2.45, 2.75) is 44.9 Å². The predicted molar refractivity (Wildman–Crippen MR) is 113 cm³/mol. The number of rotatable bonds is 6. The maximum atomic E-state index is 12.7. The highest BCUT2D eigenvalue weighted by atomic mass is 16.5. The number of carbonyl (C=O) groups excluding carboxylic acids is 1. The highest BCUT2D eigenvalue weighted by molar-refractivity contribution is 5.78. The molecule has 0 spiro atoms. The summed E-state index contributed by atoms with van der Waals surface area (Å²) in [4.78, 5) is 19.2. The molecule has 0 aliphatic carbocycles. The van der Waals surface area contributed by atoms with Crippen molar-refractivity contribution in [3.8, 4) is 5.75 Å². The number of fused-ring (bicyclic) bond motifs is 1. The average Bonchev–Trinajstić information content (AvgIpc) is 3.21. The van der Waals surface area contributed by atoms with E-state index in [0.29, 0.717) is 19.0 Å². The number of hydrogen-bond acceptors (Lipinski definition) is 4. The molecule has 0 bridgehead atoms. The van der Waals surface area contributed by atoms with Gasteiger partial charge in [-0.25, -0.2) is 4.98 Å². The summed E-state index contributed by atoms with van der Waals surface area (Å²) in [6.45, 7) is 5.84. The Labute approximate surface area is 171 Å². The molecule has 2 aromatic carbocycles. The lowest BCUT2D eigenvalue weighted by Gasteiger charge is -2.30. The molecule has 1 saturated heterocycles. The molecule has 1 aromatic heterocycles. The molecule has 1 amide bonds. The van der Waals surface area contributed by atoms with Crippen LogP contribution in [0.1, 0.15) is 56.4 Å². The number of amides is 1. The summed E-state index contributed by atoms with van der Waals surface area (Å²) in [6.07, 6.45) is 2.77. The Morgan fingerprint density at radius 1 is 1.17 bits per heavy atom. The van der Waals surface area contributed by atoms with E-state index < -0.39 is 0 Å². The summed E-state index contributed by atoms with van der Waals surface area (Å²) >= 11 is 0. The number of ether oxygens (including phenoxy) is 1. The molecule has 1 aliphatic heterocycles. The van der Waals surface area contributed by atoms with E-state index in [9.17, 15) is 4.79 Å². The molecule has 5 nitrogen and oxygen atoms in total. The first-order valence-corrected chi connectivity index (χ1v) is 10.5. The minimum Gasteiger partial charge on any atom is -0.483 e. The van der Waals surface area contributed by atoms with Crippen molar-refractivity contribution in [1.29, 1.82) is 0 Å². The number of benzene rings is 2. The summed E-state index contributed by atoms with van der Waals surface area (Å²) in [5.41, 5.74) is 2.89. The van der Waals surface area contributed by atoms with Gasteiger partial charge in [-0.1, -0.05) is 44.2 Å². The van der Waals surface area contributed by atoms with E-state index in [0.717, 1.165) is 47.6 Å². The van der Waals surface area contributed by atoms with Crippen molar-refractivity contribution in [2.24, 2.45) is 0 Å². The molecule has 1 unspecified atom stereocenters. The van der Waals surface area contributed by atoms with E-state index in [-0.39, 0.29) is 18.4 Å². The van der Waals surface area contributed by atoms with Crippen LogP contribution < -0.4 is 4.74 Å². The lowest BCUT2D eigenvalue weighted by Crippen LogP contribution is -2.40. The SMILES string of the molecule is CCC(C)c1ccccc1OCC(=O)N1CCC(c2nc3ccccc3o2)CC1. The lowest BCUT2D eigenvalue weighted by molar-refractivity contribution is -0.134. The molecule has 29 heavy (non-hydrogen) atoms. The van der Waals surface area contributed by atoms with Crippen LogP contribution in [-0.4, -0.2) is 35.5 Å². The van der Waals surface area contributed by atoms with Crippen molar-refractivity contribution >= 4 is 17.0 Å². The number of oxazole rings is 1. The first-order chi connectivity index (χ1) is 14.2. The molecule has 0 N–H and O–H groups in total. The molecule has 1 fully saturated rings. The molecule has 4 rings (SSSR count). The minimum absolute atomic E-state index is 0.0416. The van der Waals surface area contributed by atoms with E-state index in [1.165, 1.54) is 0 Å². The second kappa shape index (κ2) is 8.68. The van der Waals surface area contributed by atoms with Gasteiger partial charge in [0.1, 0.15) is 11.3 Å². The van der Waals surface area contributed by atoms with Crippen LogP contribution in [0.15, 0.2) is 52.9 Å². The number of hydrogen-bond donors (Lipinski definition) is 0. The number of nitrogens with zero attached hydrogens (tertiary/aromatic N) is 2. The Kier molecular flexibility index (Phi) is 5.84. The highest BCUT2D eigenvalue weighted by Crippen LogP contribution is 2.31. The van der Waals surface area contributed by atoms with Crippen molar-refractivity contribution in [2.75, 3.05) is 19.7 Å². The second-order valence-corrected chi connectivity index (χ2v) is 7.81. The van der Waals surface area contributed by atoms with Crippen molar-refractivity contribution in [3.05, 3.63) is 60.0 Å². The monoisotopic (exact) mass is 392 g/mol. The number of carbonyl (C=O) groups is 1. The fourth-order valence-electron chi connectivity index (χ4n) is 3.91. The molecular weight excluding hydrogens is 364 g/mol. The van der Waals surface area contributed by atoms with Gasteiger partial charge < -0.3 is 14.1 Å². The summed E-state index contributed by atoms with van der Waals surface area (Å²) in [6, 6.07) is 15.8. The third kappa shape index (κ3) is 4.29. The summed E-state index contributed by atoms with van der Waals surface area (Å²) in [5.74, 6) is 2.32. The predicted octanol–water partition coefficient (Wildman–Crippen LogP) is 5.13. The van der Waals surface area contributed by atoms with E-state index >= 15 is 0 Å². The van der Waals surface area contributed by atoms with Gasteiger partial charge in [-0.2, -0.15) is 0 Å². The smallest absolute Gasteiger partial charge is 0.260 e. The van der Waals surface area contributed by atoms with Crippen LogP contribution in [0.25, 0.3) is 11.1 Å². The van der Waals surface area contributed by atoms with Crippen molar-refractivity contribution in [1.82, 2.24) is 9.88 Å². The molecule has 0 saturated carbocycles. The first-order valence-electron chi connectivity index (χ1n) is 10.5. The van der Waals surface area contributed by atoms with Crippen molar-refractivity contribution in [3.63, 3.8) is 0 Å². The fraction of sp³-hybridized carbons (Fsp3) is 0.417. The summed E-state index contributed by atoms with van der Waals surface area (Å²) in [7, 11) is 0. The van der Waals surface area contributed by atoms with Gasteiger partial charge in [-0.15, -0.1) is 0 Å². The number of likely N-dealkylation sites (tertiary alicyclic amines) is 1. The Hall–Kier alpha value is -2.82. The molecule has 1 aliphatic rings. The second-order valence-electron chi connectivity index (χ2n) is 7.81. The molecule has 1 atom stereocenters. The van der Waals surface area contributed by atoms with Crippen LogP contribution in [0.2, 0.25) is 0 Å². The Bertz CT molecular complexity index is 940. The first kappa shape index (κ1) is 19.5. The topological polar surface area (TPSA) is 55.6 Å². The molecule has 2 heterocycles. The van der Waals surface area contributed by atoms with Gasteiger partial charge >= 0.3 is 0 Å². The zero-order valence-corrected chi connectivity index (χ0v) is 17.1.